The molecule has 8 aliphatic rings. The molecular weight excluding hydrogens is 568 g/mol. The highest BCUT2D eigenvalue weighted by Crippen LogP contribution is 2.65. The number of rotatable bonds is 3. The van der Waals surface area contributed by atoms with Crippen LogP contribution in [0.5, 0.6) is 23.0 Å². The van der Waals surface area contributed by atoms with Gasteiger partial charge in [-0.3, -0.25) is 4.79 Å². The summed E-state index contributed by atoms with van der Waals surface area (Å²) in [6, 6.07) is 9.72. The Hall–Kier alpha value is -2.81. The molecule has 2 aromatic carbocycles. The molecule has 240 valence electrons. The number of likely N-dealkylation sites (N-methyl/N-ethyl adjacent to an activating group) is 2. The molecule has 0 radical (unpaired) electrons. The van der Waals surface area contributed by atoms with Crippen molar-refractivity contribution in [3.8, 4) is 23.0 Å². The lowest BCUT2D eigenvalue weighted by atomic mass is 9.51. The molecule has 2 aromatic rings. The predicted molar refractivity (Wildman–Crippen MR) is 169 cm³/mol. The van der Waals surface area contributed by atoms with Crippen LogP contribution >= 0.6 is 0 Å². The molecule has 8 nitrogen and oxygen atoms in total. The Morgan fingerprint density at radius 3 is 1.96 bits per heavy atom. The summed E-state index contributed by atoms with van der Waals surface area (Å²) in [5, 5.41) is 0. The molecule has 8 heteroatoms. The average molecular weight is 615 g/mol. The van der Waals surface area contributed by atoms with Gasteiger partial charge in [0.25, 0.3) is 0 Å². The summed E-state index contributed by atoms with van der Waals surface area (Å²) in [7, 11) is 9.78. The van der Waals surface area contributed by atoms with E-state index in [-0.39, 0.29) is 34.9 Å². The molecule has 2 spiro atoms. The van der Waals surface area contributed by atoms with Crippen LogP contribution in [0.3, 0.4) is 0 Å². The Morgan fingerprint density at radius 1 is 0.756 bits per heavy atom. The van der Waals surface area contributed by atoms with Crippen molar-refractivity contribution in [2.45, 2.75) is 92.6 Å². The first-order valence-corrected chi connectivity index (χ1v) is 17.1. The van der Waals surface area contributed by atoms with Crippen molar-refractivity contribution in [3.63, 3.8) is 0 Å². The van der Waals surface area contributed by atoms with Crippen molar-refractivity contribution in [2.24, 2.45) is 11.8 Å². The summed E-state index contributed by atoms with van der Waals surface area (Å²) in [6.07, 6.45) is 8.46. The molecule has 0 aromatic heterocycles. The van der Waals surface area contributed by atoms with Crippen molar-refractivity contribution >= 4 is 5.78 Å². The van der Waals surface area contributed by atoms with E-state index >= 15 is 0 Å². The molecule has 45 heavy (non-hydrogen) atoms. The van der Waals surface area contributed by atoms with Crippen molar-refractivity contribution in [1.82, 2.24) is 9.80 Å². The molecule has 4 fully saturated rings. The fourth-order valence-electron chi connectivity index (χ4n) is 11.8. The van der Waals surface area contributed by atoms with E-state index in [0.29, 0.717) is 30.3 Å². The van der Waals surface area contributed by atoms with Crippen molar-refractivity contribution < 1.29 is 28.5 Å². The molecule has 2 saturated carbocycles. The number of piperidine rings is 2. The number of benzene rings is 2. The van der Waals surface area contributed by atoms with Crippen molar-refractivity contribution in [1.29, 1.82) is 0 Å². The fourth-order valence-corrected chi connectivity index (χ4v) is 11.8. The number of nitrogens with zero attached hydrogens (tertiary/aromatic N) is 2. The molecule has 0 amide bonds. The van der Waals surface area contributed by atoms with Gasteiger partial charge in [0.05, 0.1) is 20.3 Å². The van der Waals surface area contributed by atoms with Crippen molar-refractivity contribution in [2.75, 3.05) is 48.5 Å². The van der Waals surface area contributed by atoms with E-state index in [9.17, 15) is 4.79 Å². The van der Waals surface area contributed by atoms with E-state index in [1.54, 1.807) is 14.2 Å². The highest BCUT2D eigenvalue weighted by Gasteiger charge is 2.67. The molecule has 4 bridgehead atoms. The number of hydrogen-bond acceptors (Lipinski definition) is 8. The molecule has 10 rings (SSSR count). The molecule has 4 heterocycles. The molecule has 4 aliphatic carbocycles. The molecule has 0 unspecified atom stereocenters. The van der Waals surface area contributed by atoms with Gasteiger partial charge < -0.3 is 33.5 Å². The SMILES string of the molecule is COc1ccc2c3c1O[C@H]1C(=O)CC[C@H]4[C@@H](C2)N(C)CC[C@]314.COc1ccc2c3c1O[C@H]1[C@H](OC)CC[C@H]4[C@@H](C2)N(C)CC[C@@]341. The molecule has 2 saturated heterocycles. The van der Waals surface area contributed by atoms with Crippen LogP contribution in [0.25, 0.3) is 0 Å². The van der Waals surface area contributed by atoms with E-state index < -0.39 is 0 Å². The summed E-state index contributed by atoms with van der Waals surface area (Å²) >= 11 is 0. The second kappa shape index (κ2) is 9.85. The second-order valence-electron chi connectivity index (χ2n) is 15.0. The number of carbonyl (C=O) groups excluding carboxylic acids is 1. The van der Waals surface area contributed by atoms with Gasteiger partial charge in [-0.2, -0.15) is 0 Å². The maximum atomic E-state index is 12.6. The first-order valence-electron chi connectivity index (χ1n) is 17.1. The maximum absolute atomic E-state index is 12.6. The Morgan fingerprint density at radius 2 is 1.33 bits per heavy atom. The van der Waals surface area contributed by atoms with Gasteiger partial charge in [0.15, 0.2) is 34.9 Å². The first-order chi connectivity index (χ1) is 21.9. The van der Waals surface area contributed by atoms with E-state index in [1.807, 2.05) is 13.2 Å². The third-order valence-corrected chi connectivity index (χ3v) is 13.6. The Labute approximate surface area is 266 Å². The van der Waals surface area contributed by atoms with E-state index in [0.717, 1.165) is 68.2 Å². The standard InChI is InChI=1S/C19H25NO3.C18H21NO3/c1-20-9-8-19-12-5-7-15(22-3)18(19)23-17-14(21-2)6-4-11(16(17)19)10-13(12)20;1-19-8-7-18-11-4-5-13(20)17(18)22-16-14(21-2)6-3-10(15(16)18)9-12(11)19/h4,6,12-13,15,18H,5,7-10H2,1-3H3;3,6,11-12,17H,4-5,7-9H2,1-2H3/t12-,13+,15+,18-,19-;11-,12+,17-,18-/m00/s1. The van der Waals surface area contributed by atoms with Gasteiger partial charge in [0, 0.05) is 47.6 Å². The number of hydrogen-bond donors (Lipinski definition) is 0. The van der Waals surface area contributed by atoms with Crippen LogP contribution in [0.15, 0.2) is 24.3 Å². The summed E-state index contributed by atoms with van der Waals surface area (Å²) in [4.78, 5) is 17.7. The smallest absolute Gasteiger partial charge is 0.174 e. The quantitative estimate of drug-likeness (QED) is 0.507. The van der Waals surface area contributed by atoms with Crippen LogP contribution in [0.4, 0.5) is 0 Å². The number of ether oxygens (including phenoxy) is 5. The molecule has 9 atom stereocenters. The Balaban J connectivity index is 0.000000125. The number of ketones is 1. The topological polar surface area (TPSA) is 69.7 Å². The highest BCUT2D eigenvalue weighted by atomic mass is 16.6. The van der Waals surface area contributed by atoms with E-state index in [2.05, 4.69) is 42.1 Å². The highest BCUT2D eigenvalue weighted by molar-refractivity contribution is 5.89. The van der Waals surface area contributed by atoms with Crippen LogP contribution in [-0.2, 0) is 33.2 Å². The van der Waals surface area contributed by atoms with Gasteiger partial charge in [0.1, 0.15) is 6.10 Å². The van der Waals surface area contributed by atoms with Gasteiger partial charge in [-0.15, -0.1) is 0 Å². The normalized spacial score (nSPS) is 39.5. The van der Waals surface area contributed by atoms with E-state index in [1.165, 1.54) is 35.1 Å². The lowest BCUT2D eigenvalue weighted by Crippen LogP contribution is -2.66. The lowest BCUT2D eigenvalue weighted by molar-refractivity contribution is -0.138. The van der Waals surface area contributed by atoms with Crippen molar-refractivity contribution in [3.05, 3.63) is 46.5 Å². The number of carbonyl (C=O) groups is 1. The zero-order valence-electron chi connectivity index (χ0n) is 27.3. The zero-order chi connectivity index (χ0) is 30.8. The number of likely N-dealkylation sites (tertiary alicyclic amines) is 2. The number of methoxy groups -OCH3 is 3. The van der Waals surface area contributed by atoms with Gasteiger partial charge in [-0.25, -0.2) is 0 Å². The van der Waals surface area contributed by atoms with Gasteiger partial charge in [0.2, 0.25) is 0 Å². The summed E-state index contributed by atoms with van der Waals surface area (Å²) in [6.45, 7) is 2.19. The van der Waals surface area contributed by atoms with Gasteiger partial charge in [-0.1, -0.05) is 12.1 Å². The van der Waals surface area contributed by atoms with Crippen LogP contribution in [0.1, 0.15) is 60.8 Å². The first kappa shape index (κ1) is 28.4. The lowest BCUT2D eigenvalue weighted by Gasteiger charge is -2.58. The largest absolute Gasteiger partial charge is 0.493 e. The van der Waals surface area contributed by atoms with Gasteiger partial charge in [-0.05, 0) is 107 Å². The minimum Gasteiger partial charge on any atom is -0.493 e. The average Bonchev–Trinajstić information content (AvgIpc) is 3.59. The summed E-state index contributed by atoms with van der Waals surface area (Å²) < 4.78 is 29.8. The molecular formula is C37H46N2O6. The number of Topliss-reactive ketones (excluding diaryl/α,β-unsaturated/α-hetero) is 1. The molecule has 4 aliphatic heterocycles. The third-order valence-electron chi connectivity index (χ3n) is 13.6. The van der Waals surface area contributed by atoms with Crippen LogP contribution in [0, 0.1) is 11.8 Å². The van der Waals surface area contributed by atoms with Crippen LogP contribution in [0.2, 0.25) is 0 Å². The second-order valence-corrected chi connectivity index (χ2v) is 15.0. The fraction of sp³-hybridized carbons (Fsp3) is 0.649. The van der Waals surface area contributed by atoms with Crippen LogP contribution < -0.4 is 18.9 Å². The minimum atomic E-state index is -0.284. The Bertz CT molecular complexity index is 1580. The monoisotopic (exact) mass is 614 g/mol. The predicted octanol–water partition coefficient (Wildman–Crippen LogP) is 4.31. The zero-order valence-corrected chi connectivity index (χ0v) is 27.3. The summed E-state index contributed by atoms with van der Waals surface area (Å²) in [5.41, 5.74) is 5.63. The maximum Gasteiger partial charge on any atom is 0.174 e. The van der Waals surface area contributed by atoms with Gasteiger partial charge >= 0.3 is 0 Å². The van der Waals surface area contributed by atoms with Crippen LogP contribution in [-0.4, -0.2) is 94.5 Å². The summed E-state index contributed by atoms with van der Waals surface area (Å²) in [5.74, 6) is 5.03. The minimum absolute atomic E-state index is 0.0933. The Kier molecular flexibility index (Phi) is 6.22. The van der Waals surface area contributed by atoms with E-state index in [4.69, 9.17) is 23.7 Å². The molecule has 0 N–H and O–H groups in total. The third kappa shape index (κ3) is 3.46.